The SMILES string of the molecule is C=CCn1c(SCC(=O)Nc2ccc(Br)cc2F)nnc1C(C)Oc1ccccc1OC. The van der Waals surface area contributed by atoms with Crippen molar-refractivity contribution in [3.05, 3.63) is 71.2 Å². The molecule has 1 amide bonds. The number of para-hydroxylation sites is 2. The van der Waals surface area contributed by atoms with E-state index in [1.807, 2.05) is 35.8 Å². The molecule has 0 saturated carbocycles. The second kappa shape index (κ2) is 11.1. The van der Waals surface area contributed by atoms with Gasteiger partial charge in [-0.2, -0.15) is 0 Å². The van der Waals surface area contributed by atoms with Gasteiger partial charge in [0.15, 0.2) is 28.6 Å². The molecule has 1 aromatic heterocycles. The number of ether oxygens (including phenoxy) is 2. The zero-order chi connectivity index (χ0) is 23.1. The molecule has 7 nitrogen and oxygen atoms in total. The van der Waals surface area contributed by atoms with Gasteiger partial charge in [-0.3, -0.25) is 9.36 Å². The van der Waals surface area contributed by atoms with Gasteiger partial charge in [0, 0.05) is 11.0 Å². The van der Waals surface area contributed by atoms with E-state index >= 15 is 0 Å². The first-order valence-electron chi connectivity index (χ1n) is 9.64. The molecule has 1 N–H and O–H groups in total. The van der Waals surface area contributed by atoms with Gasteiger partial charge in [0.05, 0.1) is 18.6 Å². The molecule has 32 heavy (non-hydrogen) atoms. The highest BCUT2D eigenvalue weighted by Crippen LogP contribution is 2.31. The van der Waals surface area contributed by atoms with E-state index in [-0.39, 0.29) is 17.3 Å². The summed E-state index contributed by atoms with van der Waals surface area (Å²) in [5.41, 5.74) is 0.117. The molecule has 1 unspecified atom stereocenters. The summed E-state index contributed by atoms with van der Waals surface area (Å²) >= 11 is 4.38. The van der Waals surface area contributed by atoms with Crippen molar-refractivity contribution in [3.8, 4) is 11.5 Å². The minimum absolute atomic E-state index is 0.0343. The third-order valence-corrected chi connectivity index (χ3v) is 5.79. The van der Waals surface area contributed by atoms with Crippen LogP contribution in [0.2, 0.25) is 0 Å². The molecule has 1 heterocycles. The van der Waals surface area contributed by atoms with E-state index in [0.717, 1.165) is 0 Å². The molecule has 0 aliphatic heterocycles. The summed E-state index contributed by atoms with van der Waals surface area (Å²) in [5, 5.41) is 11.6. The molecule has 0 saturated heterocycles. The minimum Gasteiger partial charge on any atom is -0.493 e. The van der Waals surface area contributed by atoms with Gasteiger partial charge < -0.3 is 14.8 Å². The number of carbonyl (C=O) groups excluding carboxylic acids is 1. The Morgan fingerprint density at radius 1 is 1.31 bits per heavy atom. The predicted octanol–water partition coefficient (Wildman–Crippen LogP) is 5.25. The lowest BCUT2D eigenvalue weighted by Gasteiger charge is -2.17. The third-order valence-electron chi connectivity index (χ3n) is 4.33. The summed E-state index contributed by atoms with van der Waals surface area (Å²) < 4.78 is 27.7. The van der Waals surface area contributed by atoms with E-state index in [0.29, 0.717) is 33.5 Å². The number of rotatable bonds is 10. The van der Waals surface area contributed by atoms with E-state index in [2.05, 4.69) is 38.0 Å². The number of halogens is 2. The van der Waals surface area contributed by atoms with Gasteiger partial charge in [-0.1, -0.05) is 45.9 Å². The molecular formula is C22H22BrFN4O3S. The van der Waals surface area contributed by atoms with E-state index in [1.165, 1.54) is 23.9 Å². The number of amides is 1. The van der Waals surface area contributed by atoms with Crippen LogP contribution >= 0.6 is 27.7 Å². The summed E-state index contributed by atoms with van der Waals surface area (Å²) in [6.45, 7) is 6.08. The molecular weight excluding hydrogens is 499 g/mol. The number of hydrogen-bond acceptors (Lipinski definition) is 6. The number of nitrogens with one attached hydrogen (secondary N) is 1. The normalized spacial score (nSPS) is 11.6. The zero-order valence-electron chi connectivity index (χ0n) is 17.5. The Balaban J connectivity index is 1.69. The monoisotopic (exact) mass is 520 g/mol. The van der Waals surface area contributed by atoms with Crippen LogP contribution in [0.1, 0.15) is 18.9 Å². The molecule has 0 radical (unpaired) electrons. The van der Waals surface area contributed by atoms with Crippen LogP contribution in [0.4, 0.5) is 10.1 Å². The van der Waals surface area contributed by atoms with Gasteiger partial charge in [-0.25, -0.2) is 4.39 Å². The first-order valence-corrected chi connectivity index (χ1v) is 11.4. The molecule has 2 aromatic carbocycles. The average molecular weight is 521 g/mol. The van der Waals surface area contributed by atoms with Crippen molar-refractivity contribution in [2.75, 3.05) is 18.2 Å². The highest BCUT2D eigenvalue weighted by molar-refractivity contribution is 9.10. The molecule has 0 spiro atoms. The Hall–Kier alpha value is -2.85. The zero-order valence-corrected chi connectivity index (χ0v) is 20.0. The number of benzene rings is 2. The number of allylic oxidation sites excluding steroid dienone is 1. The number of thioether (sulfide) groups is 1. The fourth-order valence-electron chi connectivity index (χ4n) is 2.87. The number of anilines is 1. The number of hydrogen-bond donors (Lipinski definition) is 1. The molecule has 10 heteroatoms. The Labute approximate surface area is 198 Å². The summed E-state index contributed by atoms with van der Waals surface area (Å²) in [4.78, 5) is 12.3. The molecule has 3 aromatic rings. The summed E-state index contributed by atoms with van der Waals surface area (Å²) in [5.74, 6) is 0.937. The highest BCUT2D eigenvalue weighted by atomic mass is 79.9. The fraction of sp³-hybridized carbons (Fsp3) is 0.227. The van der Waals surface area contributed by atoms with Crippen molar-refractivity contribution in [1.29, 1.82) is 0 Å². The lowest BCUT2D eigenvalue weighted by molar-refractivity contribution is -0.113. The summed E-state index contributed by atoms with van der Waals surface area (Å²) in [6, 6.07) is 11.8. The van der Waals surface area contributed by atoms with Gasteiger partial charge in [-0.05, 0) is 37.3 Å². The average Bonchev–Trinajstić information content (AvgIpc) is 3.17. The van der Waals surface area contributed by atoms with Crippen LogP contribution in [0.25, 0.3) is 0 Å². The number of carbonyl (C=O) groups is 1. The number of nitrogens with zero attached hydrogens (tertiary/aromatic N) is 3. The van der Waals surface area contributed by atoms with Crippen LogP contribution in [-0.2, 0) is 11.3 Å². The summed E-state index contributed by atoms with van der Waals surface area (Å²) in [7, 11) is 1.58. The van der Waals surface area contributed by atoms with Crippen LogP contribution in [-0.4, -0.2) is 33.5 Å². The molecule has 0 bridgehead atoms. The van der Waals surface area contributed by atoms with Crippen molar-refractivity contribution in [2.45, 2.75) is 24.7 Å². The first-order chi connectivity index (χ1) is 15.4. The van der Waals surface area contributed by atoms with Crippen molar-refractivity contribution in [2.24, 2.45) is 0 Å². The van der Waals surface area contributed by atoms with Gasteiger partial charge in [0.2, 0.25) is 5.91 Å². The standard InChI is InChI=1S/C22H22BrFN4O3S/c1-4-11-28-21(14(2)31-19-8-6-5-7-18(19)30-3)26-27-22(28)32-13-20(29)25-17-10-9-15(23)12-16(17)24/h4-10,12,14H,1,11,13H2,2-3H3,(H,25,29). The number of methoxy groups -OCH3 is 1. The van der Waals surface area contributed by atoms with Crippen molar-refractivity contribution in [3.63, 3.8) is 0 Å². The van der Waals surface area contributed by atoms with E-state index in [4.69, 9.17) is 9.47 Å². The molecule has 168 valence electrons. The lowest BCUT2D eigenvalue weighted by atomic mass is 10.3. The topological polar surface area (TPSA) is 78.3 Å². The second-order valence-corrected chi connectivity index (χ2v) is 8.47. The van der Waals surface area contributed by atoms with Gasteiger partial charge in [-0.15, -0.1) is 16.8 Å². The van der Waals surface area contributed by atoms with Crippen LogP contribution in [0.3, 0.4) is 0 Å². The maximum atomic E-state index is 14.0. The Kier molecular flexibility index (Phi) is 8.29. The van der Waals surface area contributed by atoms with Crippen molar-refractivity contribution < 1.29 is 18.7 Å². The van der Waals surface area contributed by atoms with E-state index in [1.54, 1.807) is 19.3 Å². The van der Waals surface area contributed by atoms with Gasteiger partial charge in [0.1, 0.15) is 5.82 Å². The summed E-state index contributed by atoms with van der Waals surface area (Å²) in [6.07, 6.45) is 1.28. The minimum atomic E-state index is -0.517. The van der Waals surface area contributed by atoms with Crippen molar-refractivity contribution >= 4 is 39.3 Å². The Morgan fingerprint density at radius 3 is 2.75 bits per heavy atom. The maximum Gasteiger partial charge on any atom is 0.234 e. The van der Waals surface area contributed by atoms with Gasteiger partial charge >= 0.3 is 0 Å². The Morgan fingerprint density at radius 2 is 2.06 bits per heavy atom. The molecule has 0 fully saturated rings. The highest BCUT2D eigenvalue weighted by Gasteiger charge is 2.21. The smallest absolute Gasteiger partial charge is 0.234 e. The first kappa shape index (κ1) is 23.8. The molecule has 3 rings (SSSR count). The fourth-order valence-corrected chi connectivity index (χ4v) is 3.96. The van der Waals surface area contributed by atoms with Crippen LogP contribution in [0, 0.1) is 5.82 Å². The van der Waals surface area contributed by atoms with Crippen LogP contribution < -0.4 is 14.8 Å². The maximum absolute atomic E-state index is 14.0. The molecule has 1 atom stereocenters. The van der Waals surface area contributed by atoms with Gasteiger partial charge in [0.25, 0.3) is 0 Å². The largest absolute Gasteiger partial charge is 0.493 e. The predicted molar refractivity (Wildman–Crippen MR) is 126 cm³/mol. The second-order valence-electron chi connectivity index (χ2n) is 6.61. The third kappa shape index (κ3) is 5.89. The van der Waals surface area contributed by atoms with Crippen LogP contribution in [0.15, 0.2) is 64.7 Å². The lowest BCUT2D eigenvalue weighted by Crippen LogP contribution is -2.16. The molecule has 0 aliphatic carbocycles. The molecule has 0 aliphatic rings. The van der Waals surface area contributed by atoms with E-state index < -0.39 is 11.9 Å². The number of aromatic nitrogens is 3. The van der Waals surface area contributed by atoms with Crippen molar-refractivity contribution in [1.82, 2.24) is 14.8 Å². The van der Waals surface area contributed by atoms with Crippen LogP contribution in [0.5, 0.6) is 11.5 Å². The quantitative estimate of drug-likeness (QED) is 0.290. The Bertz CT molecular complexity index is 1110. The van der Waals surface area contributed by atoms with E-state index in [9.17, 15) is 9.18 Å².